The first-order chi connectivity index (χ1) is 12.5. The van der Waals surface area contributed by atoms with E-state index < -0.39 is 0 Å². The van der Waals surface area contributed by atoms with Gasteiger partial charge in [-0.1, -0.05) is 64.7 Å². The Kier molecular flexibility index (Phi) is 10.6. The molecule has 148 valence electrons. The lowest BCUT2D eigenvalue weighted by atomic mass is 10.1. The Morgan fingerprint density at radius 3 is 2.00 bits per heavy atom. The molecule has 0 atom stereocenters. The molecule has 0 amide bonds. The summed E-state index contributed by atoms with van der Waals surface area (Å²) < 4.78 is 2.37. The Bertz CT molecular complexity index is 735. The van der Waals surface area contributed by atoms with E-state index in [0.717, 1.165) is 11.0 Å². The van der Waals surface area contributed by atoms with Gasteiger partial charge in [0.05, 0.1) is 6.33 Å². The number of imidazole rings is 1. The third-order valence-electron chi connectivity index (χ3n) is 4.54. The zero-order chi connectivity index (χ0) is 19.4. The molecule has 26 heavy (non-hydrogen) atoms. The highest BCUT2D eigenvalue weighted by Gasteiger charge is 2.08. The molecule has 0 saturated heterocycles. The maximum atomic E-state index is 11.4. The van der Waals surface area contributed by atoms with Gasteiger partial charge in [0, 0.05) is 20.7 Å². The number of nitrogens with one attached hydrogen (secondary N) is 1. The van der Waals surface area contributed by atoms with E-state index in [9.17, 15) is 9.59 Å². The number of unbranched alkanes of at least 4 members (excludes halogenated alkanes) is 9. The minimum Gasteiger partial charge on any atom is -0.396 e. The average molecular weight is 367 g/mol. The fraction of sp³-hybridized carbons (Fsp3) is 0.737. The Morgan fingerprint density at radius 2 is 1.46 bits per heavy atom. The molecule has 0 spiro atoms. The molecule has 2 N–H and O–H groups in total. The summed E-state index contributed by atoms with van der Waals surface area (Å²) >= 11 is 0. The number of hydrogen-bond donors (Lipinski definition) is 2. The number of hydrogen-bond acceptors (Lipinski definition) is 4. The molecule has 2 heterocycles. The molecule has 0 aromatic carbocycles. The number of H-pyrrole nitrogens is 1. The molecule has 0 saturated carbocycles. The summed E-state index contributed by atoms with van der Waals surface area (Å²) in [6.07, 6.45) is 14.7. The number of aliphatic hydroxyl groups excluding tert-OH is 1. The molecule has 0 bridgehead atoms. The summed E-state index contributed by atoms with van der Waals surface area (Å²) in [5.41, 5.74) is 0.0119. The molecule has 2 aromatic rings. The fourth-order valence-corrected chi connectivity index (χ4v) is 2.87. The lowest BCUT2D eigenvalue weighted by Gasteiger charge is -2.00. The number of aliphatic hydroxyl groups is 1. The van der Waals surface area contributed by atoms with Crippen molar-refractivity contribution in [1.29, 1.82) is 0 Å². The van der Waals surface area contributed by atoms with Crippen LogP contribution in [0.15, 0.2) is 15.9 Å². The second kappa shape index (κ2) is 12.5. The lowest BCUT2D eigenvalue weighted by molar-refractivity contribution is 0.282. The predicted octanol–water partition coefficient (Wildman–Crippen LogP) is 2.86. The smallest absolute Gasteiger partial charge is 0.332 e. The topological polar surface area (TPSA) is 92.9 Å². The zero-order valence-corrected chi connectivity index (χ0v) is 16.5. The second-order valence-corrected chi connectivity index (χ2v) is 6.71. The van der Waals surface area contributed by atoms with Crippen molar-refractivity contribution in [3.8, 4) is 0 Å². The SMILES string of the molecule is CCCCCCCCCCCCO.Cn1c(=O)c2[nH]cnc2n(C)c1=O. The van der Waals surface area contributed by atoms with E-state index in [1.54, 1.807) is 7.05 Å². The number of nitrogens with zero attached hydrogens (tertiary/aromatic N) is 3. The van der Waals surface area contributed by atoms with Crippen LogP contribution in [0.5, 0.6) is 0 Å². The molecule has 7 nitrogen and oxygen atoms in total. The van der Waals surface area contributed by atoms with Crippen LogP contribution in [0.25, 0.3) is 11.2 Å². The highest BCUT2D eigenvalue weighted by Crippen LogP contribution is 2.10. The van der Waals surface area contributed by atoms with Gasteiger partial charge in [0.2, 0.25) is 0 Å². The lowest BCUT2D eigenvalue weighted by Crippen LogP contribution is -2.36. The van der Waals surface area contributed by atoms with Crippen molar-refractivity contribution < 1.29 is 5.11 Å². The van der Waals surface area contributed by atoms with E-state index in [1.807, 2.05) is 0 Å². The van der Waals surface area contributed by atoms with Crippen molar-refractivity contribution in [2.45, 2.75) is 71.1 Å². The predicted molar refractivity (Wildman–Crippen MR) is 106 cm³/mol. The van der Waals surface area contributed by atoms with Gasteiger partial charge in [-0.25, -0.2) is 9.78 Å². The number of aromatic amines is 1. The maximum Gasteiger partial charge on any atom is 0.332 e. The van der Waals surface area contributed by atoms with Crippen molar-refractivity contribution >= 4 is 11.2 Å². The van der Waals surface area contributed by atoms with Gasteiger partial charge >= 0.3 is 5.69 Å². The minimum absolute atomic E-state index is 0.351. The molecule has 0 aliphatic carbocycles. The van der Waals surface area contributed by atoms with Crippen LogP contribution in [0.2, 0.25) is 0 Å². The standard InChI is InChI=1S/C12H26O.C7H8N4O2/c1-2-3-4-5-6-7-8-9-10-11-12-13;1-10-5-4(8-3-9-5)6(12)11(2)7(10)13/h13H,2-12H2,1H3;3H,1-2H3,(H,8,9). The first-order valence-corrected chi connectivity index (χ1v) is 9.74. The van der Waals surface area contributed by atoms with E-state index in [-0.39, 0.29) is 11.2 Å². The van der Waals surface area contributed by atoms with Crippen LogP contribution in [-0.2, 0) is 14.1 Å². The summed E-state index contributed by atoms with van der Waals surface area (Å²) in [5.74, 6) is 0. The summed E-state index contributed by atoms with van der Waals surface area (Å²) in [7, 11) is 3.01. The van der Waals surface area contributed by atoms with E-state index in [1.165, 1.54) is 75.7 Å². The third kappa shape index (κ3) is 6.78. The van der Waals surface area contributed by atoms with Gasteiger partial charge in [-0.2, -0.15) is 0 Å². The van der Waals surface area contributed by atoms with Crippen LogP contribution >= 0.6 is 0 Å². The summed E-state index contributed by atoms with van der Waals surface area (Å²) in [4.78, 5) is 29.4. The highest BCUT2D eigenvalue weighted by molar-refractivity contribution is 5.68. The van der Waals surface area contributed by atoms with E-state index in [4.69, 9.17) is 5.11 Å². The Hall–Kier alpha value is -1.89. The highest BCUT2D eigenvalue weighted by atomic mass is 16.3. The van der Waals surface area contributed by atoms with Gasteiger partial charge in [0.25, 0.3) is 5.56 Å². The zero-order valence-electron chi connectivity index (χ0n) is 16.5. The fourth-order valence-electron chi connectivity index (χ4n) is 2.87. The van der Waals surface area contributed by atoms with Crippen molar-refractivity contribution in [3.63, 3.8) is 0 Å². The monoisotopic (exact) mass is 366 g/mol. The van der Waals surface area contributed by atoms with Crippen LogP contribution in [-0.4, -0.2) is 30.8 Å². The van der Waals surface area contributed by atoms with Gasteiger partial charge < -0.3 is 10.1 Å². The second-order valence-electron chi connectivity index (χ2n) is 6.71. The van der Waals surface area contributed by atoms with Gasteiger partial charge in [0.15, 0.2) is 5.65 Å². The van der Waals surface area contributed by atoms with Gasteiger partial charge in [-0.3, -0.25) is 13.9 Å². The van der Waals surface area contributed by atoms with Gasteiger partial charge in [-0.05, 0) is 6.42 Å². The Balaban J connectivity index is 0.000000260. The van der Waals surface area contributed by atoms with E-state index >= 15 is 0 Å². The van der Waals surface area contributed by atoms with Gasteiger partial charge in [-0.15, -0.1) is 0 Å². The van der Waals surface area contributed by atoms with Crippen LogP contribution in [0, 0.1) is 0 Å². The maximum absolute atomic E-state index is 11.4. The molecule has 0 unspecified atom stereocenters. The van der Waals surface area contributed by atoms with Crippen LogP contribution < -0.4 is 11.2 Å². The third-order valence-corrected chi connectivity index (χ3v) is 4.54. The van der Waals surface area contributed by atoms with Crippen molar-refractivity contribution in [3.05, 3.63) is 27.2 Å². The van der Waals surface area contributed by atoms with Crippen molar-refractivity contribution in [2.75, 3.05) is 6.61 Å². The first kappa shape index (κ1) is 22.2. The van der Waals surface area contributed by atoms with Crippen molar-refractivity contribution in [1.82, 2.24) is 19.1 Å². The molecular formula is C19H34N4O3. The molecule has 0 aliphatic rings. The molecule has 2 rings (SSSR count). The normalized spacial score (nSPS) is 10.8. The van der Waals surface area contributed by atoms with E-state index in [0.29, 0.717) is 17.8 Å². The molecule has 0 aliphatic heterocycles. The summed E-state index contributed by atoms with van der Waals surface area (Å²) in [6, 6.07) is 0. The number of aryl methyl sites for hydroxylation is 1. The molecule has 7 heteroatoms. The first-order valence-electron chi connectivity index (χ1n) is 9.74. The number of fused-ring (bicyclic) bond motifs is 1. The van der Waals surface area contributed by atoms with Crippen LogP contribution in [0.4, 0.5) is 0 Å². The molecule has 0 radical (unpaired) electrons. The Labute approximate surface area is 155 Å². The van der Waals surface area contributed by atoms with E-state index in [2.05, 4.69) is 16.9 Å². The summed E-state index contributed by atoms with van der Waals surface area (Å²) in [5, 5.41) is 8.57. The van der Waals surface area contributed by atoms with Crippen LogP contribution in [0.3, 0.4) is 0 Å². The minimum atomic E-state index is -0.371. The number of aromatic nitrogens is 4. The number of rotatable bonds is 10. The Morgan fingerprint density at radius 1 is 0.923 bits per heavy atom. The largest absolute Gasteiger partial charge is 0.396 e. The van der Waals surface area contributed by atoms with Crippen molar-refractivity contribution in [2.24, 2.45) is 14.1 Å². The molecule has 2 aromatic heterocycles. The quantitative estimate of drug-likeness (QED) is 0.632. The van der Waals surface area contributed by atoms with Gasteiger partial charge in [0.1, 0.15) is 5.52 Å². The average Bonchev–Trinajstić information content (AvgIpc) is 3.14. The molecular weight excluding hydrogens is 332 g/mol. The summed E-state index contributed by atoms with van der Waals surface area (Å²) in [6.45, 7) is 2.63. The van der Waals surface area contributed by atoms with Crippen LogP contribution in [0.1, 0.15) is 71.1 Å². The molecule has 0 fully saturated rings.